The third-order valence-electron chi connectivity index (χ3n) is 12.0. The molecule has 1 aliphatic heterocycles. The van der Waals surface area contributed by atoms with Crippen molar-refractivity contribution in [2.75, 3.05) is 7.05 Å². The Bertz CT molecular complexity index is 2780. The first-order chi connectivity index (χ1) is 26.7. The average Bonchev–Trinajstić information content (AvgIpc) is 3.70. The van der Waals surface area contributed by atoms with Crippen LogP contribution < -0.4 is 0 Å². The molecule has 3 aliphatic rings. The van der Waals surface area contributed by atoms with E-state index in [9.17, 15) is 0 Å². The topological polar surface area (TPSA) is 15.6 Å². The number of benzene rings is 8. The van der Waals surface area contributed by atoms with E-state index in [2.05, 4.69) is 206 Å². The number of nitrogens with zero attached hydrogens (tertiary/aromatic N) is 2. The molecule has 2 aliphatic carbocycles. The van der Waals surface area contributed by atoms with Gasteiger partial charge in [-0.25, -0.2) is 4.99 Å². The third-order valence-corrected chi connectivity index (χ3v) is 12.0. The van der Waals surface area contributed by atoms with Crippen LogP contribution in [0.2, 0.25) is 0 Å². The van der Waals surface area contributed by atoms with Crippen molar-refractivity contribution in [1.29, 1.82) is 0 Å². The van der Waals surface area contributed by atoms with Gasteiger partial charge in [-0.15, -0.1) is 0 Å². The molecule has 0 aromatic heterocycles. The van der Waals surface area contributed by atoms with Gasteiger partial charge in [-0.05, 0) is 78.5 Å². The maximum atomic E-state index is 5.67. The van der Waals surface area contributed by atoms with Gasteiger partial charge in [0.1, 0.15) is 5.84 Å². The van der Waals surface area contributed by atoms with Crippen LogP contribution in [0.15, 0.2) is 205 Å². The second kappa shape index (κ2) is 11.9. The van der Waals surface area contributed by atoms with Crippen molar-refractivity contribution in [3.63, 3.8) is 0 Å². The van der Waals surface area contributed by atoms with Gasteiger partial charge in [0.2, 0.25) is 0 Å². The Hall–Kier alpha value is -6.77. The Morgan fingerprint density at radius 2 is 0.963 bits per heavy atom. The lowest BCUT2D eigenvalue weighted by Gasteiger charge is -2.43. The molecule has 11 rings (SSSR count). The van der Waals surface area contributed by atoms with Crippen LogP contribution in [0.5, 0.6) is 0 Å². The molecule has 1 atom stereocenters. The van der Waals surface area contributed by atoms with Crippen molar-refractivity contribution in [3.05, 3.63) is 233 Å². The molecule has 2 heteroatoms. The van der Waals surface area contributed by atoms with E-state index < -0.39 is 5.41 Å². The third kappa shape index (κ3) is 4.37. The van der Waals surface area contributed by atoms with E-state index in [-0.39, 0.29) is 6.04 Å². The monoisotopic (exact) mass is 688 g/mol. The van der Waals surface area contributed by atoms with Gasteiger partial charge in [0.15, 0.2) is 0 Å². The summed E-state index contributed by atoms with van der Waals surface area (Å²) in [5.41, 5.74) is 16.9. The predicted molar refractivity (Wildman–Crippen MR) is 223 cm³/mol. The molecule has 254 valence electrons. The largest absolute Gasteiger partial charge is 0.348 e. The molecule has 8 aromatic carbocycles. The van der Waals surface area contributed by atoms with E-state index in [0.717, 1.165) is 17.1 Å². The van der Waals surface area contributed by atoms with Crippen LogP contribution in [0.3, 0.4) is 0 Å². The molecule has 1 heterocycles. The molecule has 1 unspecified atom stereocenters. The molecule has 54 heavy (non-hydrogen) atoms. The highest BCUT2D eigenvalue weighted by Crippen LogP contribution is 2.66. The number of hydrogen-bond donors (Lipinski definition) is 0. The lowest BCUT2D eigenvalue weighted by molar-refractivity contribution is 0.394. The standard InChI is InChI=1S/C52H36N2/c1-54-50(37-15-4-2-5-16-37)48-49(53-51(54)38-17-6-3-7-18-38)44-31-30-41(36-26-24-35(25-27-36)40-29-28-34-14-8-9-19-39(34)32-40)33-47(44)52(48)45-22-12-10-20-42(45)43-21-11-13-23-46(43)52/h2-33,50H,1H3. The number of aliphatic imine (C=N–C) groups is 1. The summed E-state index contributed by atoms with van der Waals surface area (Å²) in [5.74, 6) is 0.985. The number of fused-ring (bicyclic) bond motifs is 10. The quantitative estimate of drug-likeness (QED) is 0.180. The van der Waals surface area contributed by atoms with Crippen molar-refractivity contribution in [3.8, 4) is 33.4 Å². The lowest BCUT2D eigenvalue weighted by atomic mass is 9.66. The van der Waals surface area contributed by atoms with Crippen LogP contribution >= 0.6 is 0 Å². The van der Waals surface area contributed by atoms with Gasteiger partial charge in [0.05, 0.1) is 17.2 Å². The maximum absolute atomic E-state index is 5.67. The molecule has 0 radical (unpaired) electrons. The van der Waals surface area contributed by atoms with E-state index >= 15 is 0 Å². The summed E-state index contributed by atoms with van der Waals surface area (Å²) in [4.78, 5) is 8.08. The van der Waals surface area contributed by atoms with Crippen LogP contribution in [-0.4, -0.2) is 17.8 Å². The zero-order chi connectivity index (χ0) is 35.8. The number of amidine groups is 1. The first kappa shape index (κ1) is 30.8. The van der Waals surface area contributed by atoms with E-state index in [4.69, 9.17) is 4.99 Å². The van der Waals surface area contributed by atoms with Crippen molar-refractivity contribution in [2.24, 2.45) is 4.99 Å². The minimum Gasteiger partial charge on any atom is -0.348 e. The van der Waals surface area contributed by atoms with Gasteiger partial charge in [0.25, 0.3) is 0 Å². The summed E-state index contributed by atoms with van der Waals surface area (Å²) in [7, 11) is 2.22. The smallest absolute Gasteiger partial charge is 0.137 e. The number of likely N-dealkylation sites (N-methyl/N-ethyl adjacent to an activating group) is 1. The normalized spacial score (nSPS) is 16.2. The molecule has 0 saturated heterocycles. The Morgan fingerprint density at radius 3 is 1.65 bits per heavy atom. The fraction of sp³-hybridized carbons (Fsp3) is 0.0577. The van der Waals surface area contributed by atoms with Gasteiger partial charge in [-0.1, -0.05) is 182 Å². The molecular formula is C52H36N2. The van der Waals surface area contributed by atoms with E-state index in [1.54, 1.807) is 0 Å². The second-order valence-corrected chi connectivity index (χ2v) is 14.7. The molecule has 2 nitrogen and oxygen atoms in total. The first-order valence-corrected chi connectivity index (χ1v) is 18.8. The van der Waals surface area contributed by atoms with Gasteiger partial charge < -0.3 is 4.90 Å². The van der Waals surface area contributed by atoms with Crippen molar-refractivity contribution >= 4 is 22.3 Å². The van der Waals surface area contributed by atoms with Gasteiger partial charge >= 0.3 is 0 Å². The number of hydrogen-bond acceptors (Lipinski definition) is 2. The molecule has 0 N–H and O–H groups in total. The Balaban J connectivity index is 1.15. The fourth-order valence-corrected chi connectivity index (χ4v) is 9.58. The van der Waals surface area contributed by atoms with Crippen LogP contribution in [0.25, 0.3) is 49.9 Å². The molecule has 0 saturated carbocycles. The minimum absolute atomic E-state index is 0.0507. The minimum atomic E-state index is -0.528. The molecule has 1 spiro atoms. The van der Waals surface area contributed by atoms with Crippen LogP contribution in [0.1, 0.15) is 39.4 Å². The lowest BCUT2D eigenvalue weighted by Crippen LogP contribution is -2.41. The van der Waals surface area contributed by atoms with Gasteiger partial charge in [0, 0.05) is 23.7 Å². The fourth-order valence-electron chi connectivity index (χ4n) is 9.58. The molecule has 0 fully saturated rings. The Kier molecular flexibility index (Phi) is 6.78. The van der Waals surface area contributed by atoms with Crippen LogP contribution in [0, 0.1) is 0 Å². The van der Waals surface area contributed by atoms with Crippen molar-refractivity contribution < 1.29 is 0 Å². The zero-order valence-corrected chi connectivity index (χ0v) is 29.9. The maximum Gasteiger partial charge on any atom is 0.137 e. The van der Waals surface area contributed by atoms with Crippen LogP contribution in [-0.2, 0) is 5.41 Å². The zero-order valence-electron chi connectivity index (χ0n) is 29.9. The molecular weight excluding hydrogens is 653 g/mol. The SMILES string of the molecule is CN1C(c2ccccc2)=NC2=C(C1c1ccccc1)C1(c3cc(-c4ccc(-c5ccc6ccccc6c5)cc4)ccc32)c2ccccc2-c2ccccc21. The summed E-state index contributed by atoms with van der Waals surface area (Å²) in [6.07, 6.45) is 0. The van der Waals surface area contributed by atoms with E-state index in [0.29, 0.717) is 0 Å². The Morgan fingerprint density at radius 1 is 0.426 bits per heavy atom. The summed E-state index contributed by atoms with van der Waals surface area (Å²) in [5, 5.41) is 2.52. The second-order valence-electron chi connectivity index (χ2n) is 14.7. The Labute approximate surface area is 316 Å². The van der Waals surface area contributed by atoms with Crippen LogP contribution in [0.4, 0.5) is 0 Å². The predicted octanol–water partition coefficient (Wildman–Crippen LogP) is 12.3. The highest BCUT2D eigenvalue weighted by molar-refractivity contribution is 6.07. The molecule has 0 bridgehead atoms. The highest BCUT2D eigenvalue weighted by atomic mass is 15.2. The summed E-state index contributed by atoms with van der Waals surface area (Å²) in [6.45, 7) is 0. The van der Waals surface area contributed by atoms with Crippen molar-refractivity contribution in [2.45, 2.75) is 11.5 Å². The summed E-state index contributed by atoms with van der Waals surface area (Å²) < 4.78 is 0. The number of rotatable bonds is 4. The van der Waals surface area contributed by atoms with Crippen molar-refractivity contribution in [1.82, 2.24) is 4.90 Å². The summed E-state index contributed by atoms with van der Waals surface area (Å²) in [6, 6.07) is 71.3. The summed E-state index contributed by atoms with van der Waals surface area (Å²) >= 11 is 0. The highest BCUT2D eigenvalue weighted by Gasteiger charge is 2.57. The first-order valence-electron chi connectivity index (χ1n) is 18.8. The average molecular weight is 689 g/mol. The van der Waals surface area contributed by atoms with Gasteiger partial charge in [-0.2, -0.15) is 0 Å². The molecule has 0 amide bonds. The van der Waals surface area contributed by atoms with E-state index in [1.165, 1.54) is 77.5 Å². The molecule has 8 aromatic rings. The van der Waals surface area contributed by atoms with E-state index in [1.807, 2.05) is 0 Å². The van der Waals surface area contributed by atoms with Gasteiger partial charge in [-0.3, -0.25) is 0 Å².